The van der Waals surface area contributed by atoms with E-state index in [4.69, 9.17) is 0 Å². The molecule has 0 unspecified atom stereocenters. The van der Waals surface area contributed by atoms with Gasteiger partial charge in [0.05, 0.1) is 16.1 Å². The molecule has 154 valence electrons. The average molecular weight is 414 g/mol. The lowest BCUT2D eigenvalue weighted by Crippen LogP contribution is -2.06. The maximum atomic E-state index is 11.9. The molecule has 4 rings (SSSR count). The van der Waals surface area contributed by atoms with Crippen LogP contribution in [0.4, 0.5) is 28.7 Å². The van der Waals surface area contributed by atoms with Crippen molar-refractivity contribution in [2.75, 3.05) is 10.6 Å². The van der Waals surface area contributed by atoms with Crippen LogP contribution in [0.3, 0.4) is 0 Å². The monoisotopic (exact) mass is 414 g/mol. The van der Waals surface area contributed by atoms with Crippen molar-refractivity contribution in [2.24, 2.45) is 0 Å². The molecule has 0 spiro atoms. The van der Waals surface area contributed by atoms with Crippen LogP contribution in [0, 0.1) is 17.0 Å². The lowest BCUT2D eigenvalue weighted by atomic mass is 10.1. The predicted octanol–water partition coefficient (Wildman–Crippen LogP) is 4.93. The molecule has 31 heavy (non-hydrogen) atoms. The zero-order valence-corrected chi connectivity index (χ0v) is 16.8. The number of para-hydroxylation sites is 1. The molecule has 0 aliphatic carbocycles. The van der Waals surface area contributed by atoms with Gasteiger partial charge < -0.3 is 10.6 Å². The van der Waals surface area contributed by atoms with Crippen molar-refractivity contribution in [1.29, 1.82) is 0 Å². The molecule has 0 amide bonds. The topological polar surface area (TPSA) is 123 Å². The first-order valence-electron chi connectivity index (χ1n) is 9.43. The van der Waals surface area contributed by atoms with Crippen molar-refractivity contribution >= 4 is 45.4 Å². The van der Waals surface area contributed by atoms with E-state index in [0.29, 0.717) is 22.5 Å². The predicted molar refractivity (Wildman–Crippen MR) is 118 cm³/mol. The number of benzene rings is 2. The fourth-order valence-corrected chi connectivity index (χ4v) is 3.13. The van der Waals surface area contributed by atoms with Crippen LogP contribution in [-0.4, -0.2) is 25.7 Å². The maximum Gasteiger partial charge on any atom is 0.353 e. The van der Waals surface area contributed by atoms with Gasteiger partial charge in [0, 0.05) is 22.3 Å². The Bertz CT molecular complexity index is 1300. The summed E-state index contributed by atoms with van der Waals surface area (Å²) < 4.78 is 0. The Balaban J connectivity index is 1.72. The number of nitrogens with one attached hydrogen (secondary N) is 2. The number of carbonyl (C=O) groups excluding carboxylic acids is 1. The average Bonchev–Trinajstić information content (AvgIpc) is 2.74. The minimum atomic E-state index is -0.543. The van der Waals surface area contributed by atoms with Gasteiger partial charge in [-0.05, 0) is 50.2 Å². The summed E-state index contributed by atoms with van der Waals surface area (Å²) in [7, 11) is 0. The molecule has 2 N–H and O–H groups in total. The number of fused-ring (bicyclic) bond motifs is 1. The number of aromatic nitrogens is 3. The van der Waals surface area contributed by atoms with E-state index in [-0.39, 0.29) is 23.1 Å². The fourth-order valence-electron chi connectivity index (χ4n) is 3.13. The van der Waals surface area contributed by atoms with Gasteiger partial charge in [-0.1, -0.05) is 18.2 Å². The summed E-state index contributed by atoms with van der Waals surface area (Å²) in [6.07, 6.45) is 1.24. The highest BCUT2D eigenvalue weighted by Gasteiger charge is 2.24. The largest absolute Gasteiger partial charge is 0.353 e. The van der Waals surface area contributed by atoms with Crippen LogP contribution in [0.15, 0.2) is 60.9 Å². The van der Waals surface area contributed by atoms with E-state index < -0.39 is 4.92 Å². The molecular formula is C22H18N6O3. The molecule has 0 aliphatic rings. The van der Waals surface area contributed by atoms with Gasteiger partial charge in [-0.25, -0.2) is 9.97 Å². The molecule has 2 heterocycles. The Morgan fingerprint density at radius 2 is 1.68 bits per heavy atom. The molecule has 9 nitrogen and oxygen atoms in total. The molecule has 2 aromatic heterocycles. The molecule has 0 saturated heterocycles. The first kappa shape index (κ1) is 19.9. The summed E-state index contributed by atoms with van der Waals surface area (Å²) in [6, 6.07) is 16.0. The maximum absolute atomic E-state index is 11.9. The number of anilines is 4. The lowest BCUT2D eigenvalue weighted by Gasteiger charge is -2.12. The number of hydrogen-bond donors (Lipinski definition) is 2. The van der Waals surface area contributed by atoms with Gasteiger partial charge in [-0.3, -0.25) is 19.9 Å². The normalized spacial score (nSPS) is 10.6. The second-order valence-corrected chi connectivity index (χ2v) is 6.89. The second kappa shape index (κ2) is 8.15. The Kier molecular flexibility index (Phi) is 5.23. The van der Waals surface area contributed by atoms with Gasteiger partial charge in [-0.2, -0.15) is 0 Å². The molecule has 0 fully saturated rings. The highest BCUT2D eigenvalue weighted by Crippen LogP contribution is 2.34. The van der Waals surface area contributed by atoms with Crippen LogP contribution in [0.2, 0.25) is 0 Å². The van der Waals surface area contributed by atoms with Crippen molar-refractivity contribution in [3.8, 4) is 0 Å². The Morgan fingerprint density at radius 1 is 0.968 bits per heavy atom. The standard InChI is InChI=1S/C22H18N6O3/c1-13-6-7-16-4-3-5-18(19(16)25-13)27-22-20(28(30)31)21(23-12-24-22)26-17-10-8-15(9-11-17)14(2)29/h3-12H,1-2H3,(H2,23,24,26,27). The van der Waals surface area contributed by atoms with E-state index in [1.54, 1.807) is 30.3 Å². The smallest absolute Gasteiger partial charge is 0.334 e. The Labute approximate surface area is 177 Å². The summed E-state index contributed by atoms with van der Waals surface area (Å²) in [6.45, 7) is 3.35. The molecular weight excluding hydrogens is 396 g/mol. The number of carbonyl (C=O) groups is 1. The van der Waals surface area contributed by atoms with E-state index in [0.717, 1.165) is 11.1 Å². The van der Waals surface area contributed by atoms with Crippen LogP contribution in [-0.2, 0) is 0 Å². The van der Waals surface area contributed by atoms with Crippen LogP contribution in [0.5, 0.6) is 0 Å². The number of Topliss-reactive ketones (excluding diaryl/α,β-unsaturated/α-hetero) is 1. The third kappa shape index (κ3) is 4.15. The number of rotatable bonds is 6. The molecule has 0 aliphatic heterocycles. The van der Waals surface area contributed by atoms with Crippen molar-refractivity contribution in [1.82, 2.24) is 15.0 Å². The van der Waals surface area contributed by atoms with Gasteiger partial charge in [0.1, 0.15) is 6.33 Å². The summed E-state index contributed by atoms with van der Waals surface area (Å²) in [5.74, 6) is 0.00565. The summed E-state index contributed by atoms with van der Waals surface area (Å²) in [5, 5.41) is 18.7. The minimum absolute atomic E-state index is 0.0300. The van der Waals surface area contributed by atoms with E-state index in [1.165, 1.54) is 13.3 Å². The molecule has 0 saturated carbocycles. The highest BCUT2D eigenvalue weighted by atomic mass is 16.6. The first-order valence-corrected chi connectivity index (χ1v) is 9.43. The van der Waals surface area contributed by atoms with Crippen LogP contribution >= 0.6 is 0 Å². The number of hydrogen-bond acceptors (Lipinski definition) is 8. The first-order chi connectivity index (χ1) is 14.9. The van der Waals surface area contributed by atoms with Crippen LogP contribution < -0.4 is 10.6 Å². The lowest BCUT2D eigenvalue weighted by molar-refractivity contribution is -0.383. The number of aryl methyl sites for hydroxylation is 1. The number of nitro groups is 1. The third-order valence-corrected chi connectivity index (χ3v) is 4.67. The van der Waals surface area contributed by atoms with Gasteiger partial charge in [0.25, 0.3) is 0 Å². The van der Waals surface area contributed by atoms with Crippen molar-refractivity contribution in [2.45, 2.75) is 13.8 Å². The van der Waals surface area contributed by atoms with E-state index in [1.807, 2.05) is 31.2 Å². The van der Waals surface area contributed by atoms with Gasteiger partial charge in [0.2, 0.25) is 11.6 Å². The molecule has 0 bridgehead atoms. The minimum Gasteiger partial charge on any atom is -0.334 e. The highest BCUT2D eigenvalue weighted by molar-refractivity contribution is 5.95. The van der Waals surface area contributed by atoms with Crippen LogP contribution in [0.1, 0.15) is 23.0 Å². The number of ketones is 1. The van der Waals surface area contributed by atoms with Crippen LogP contribution in [0.25, 0.3) is 10.9 Å². The van der Waals surface area contributed by atoms with E-state index in [2.05, 4.69) is 25.6 Å². The summed E-state index contributed by atoms with van der Waals surface area (Å²) >= 11 is 0. The molecule has 4 aromatic rings. The molecule has 0 atom stereocenters. The zero-order chi connectivity index (χ0) is 22.0. The SMILES string of the molecule is CC(=O)c1ccc(Nc2ncnc(Nc3cccc4ccc(C)nc34)c2[N+](=O)[O-])cc1. The van der Waals surface area contributed by atoms with E-state index in [9.17, 15) is 14.9 Å². The van der Waals surface area contributed by atoms with Gasteiger partial charge in [-0.15, -0.1) is 0 Å². The Morgan fingerprint density at radius 3 is 2.35 bits per heavy atom. The van der Waals surface area contributed by atoms with Crippen molar-refractivity contribution in [3.05, 3.63) is 82.3 Å². The molecule has 0 radical (unpaired) electrons. The van der Waals surface area contributed by atoms with Gasteiger partial charge in [0.15, 0.2) is 5.78 Å². The van der Waals surface area contributed by atoms with Gasteiger partial charge >= 0.3 is 5.69 Å². The zero-order valence-electron chi connectivity index (χ0n) is 16.8. The molecule has 2 aromatic carbocycles. The van der Waals surface area contributed by atoms with E-state index >= 15 is 0 Å². The van der Waals surface area contributed by atoms with Crippen molar-refractivity contribution in [3.63, 3.8) is 0 Å². The Hall–Kier alpha value is -4.40. The van der Waals surface area contributed by atoms with Crippen molar-refractivity contribution < 1.29 is 9.72 Å². The quantitative estimate of drug-likeness (QED) is 0.259. The summed E-state index contributed by atoms with van der Waals surface area (Å²) in [5.41, 5.74) is 2.91. The third-order valence-electron chi connectivity index (χ3n) is 4.67. The fraction of sp³-hybridized carbons (Fsp3) is 0.0909. The number of nitrogens with zero attached hydrogens (tertiary/aromatic N) is 4. The number of pyridine rings is 1. The summed E-state index contributed by atoms with van der Waals surface area (Å²) in [4.78, 5) is 35.4. The second-order valence-electron chi connectivity index (χ2n) is 6.89. The molecule has 9 heteroatoms.